The summed E-state index contributed by atoms with van der Waals surface area (Å²) in [6, 6.07) is 0. The van der Waals surface area contributed by atoms with E-state index in [0.29, 0.717) is 6.54 Å². The lowest BCUT2D eigenvalue weighted by molar-refractivity contribution is -0.140. The van der Waals surface area contributed by atoms with E-state index in [-0.39, 0.29) is 18.2 Å². The highest BCUT2D eigenvalue weighted by atomic mass is 32.2. The minimum Gasteiger partial charge on any atom is -0.344 e. The molecular weight excluding hydrogens is 264 g/mol. The number of hydrogen-bond donors (Lipinski definition) is 1. The molecular formula is C13H26N2O3S. The van der Waals surface area contributed by atoms with Gasteiger partial charge in [0.2, 0.25) is 5.91 Å². The molecule has 1 rings (SSSR count). The van der Waals surface area contributed by atoms with Crippen LogP contribution in [0.1, 0.15) is 38.5 Å². The highest BCUT2D eigenvalue weighted by Gasteiger charge is 2.39. The molecule has 0 aromatic rings. The van der Waals surface area contributed by atoms with Gasteiger partial charge in [0.05, 0.1) is 11.2 Å². The minimum atomic E-state index is -3.04. The standard InChI is InChI=1S/C13H26N2O3S/c1-15(9-10-19(2,17)18)12(16)13(11-14)7-5-3-4-6-8-13/h3-11,14H2,1-2H3. The summed E-state index contributed by atoms with van der Waals surface area (Å²) >= 11 is 0. The molecule has 0 heterocycles. The third-order valence-corrected chi connectivity index (χ3v) is 4.97. The van der Waals surface area contributed by atoms with Gasteiger partial charge in [0.1, 0.15) is 9.84 Å². The highest BCUT2D eigenvalue weighted by Crippen LogP contribution is 2.35. The van der Waals surface area contributed by atoms with Crippen LogP contribution in [0.25, 0.3) is 0 Å². The molecule has 0 aromatic carbocycles. The summed E-state index contributed by atoms with van der Waals surface area (Å²) in [6.45, 7) is 0.606. The largest absolute Gasteiger partial charge is 0.344 e. The summed E-state index contributed by atoms with van der Waals surface area (Å²) in [5, 5.41) is 0. The van der Waals surface area contributed by atoms with Crippen LogP contribution in [0.2, 0.25) is 0 Å². The monoisotopic (exact) mass is 290 g/mol. The van der Waals surface area contributed by atoms with E-state index >= 15 is 0 Å². The van der Waals surface area contributed by atoms with Crippen molar-refractivity contribution in [2.24, 2.45) is 11.1 Å². The lowest BCUT2D eigenvalue weighted by atomic mass is 9.79. The third kappa shape index (κ3) is 4.76. The Morgan fingerprint density at radius 3 is 2.16 bits per heavy atom. The zero-order valence-electron chi connectivity index (χ0n) is 12.0. The molecule has 0 atom stereocenters. The van der Waals surface area contributed by atoms with Gasteiger partial charge >= 0.3 is 0 Å². The summed E-state index contributed by atoms with van der Waals surface area (Å²) in [6.07, 6.45) is 7.21. The van der Waals surface area contributed by atoms with Crippen molar-refractivity contribution < 1.29 is 13.2 Å². The van der Waals surface area contributed by atoms with Gasteiger partial charge in [-0.2, -0.15) is 0 Å². The topological polar surface area (TPSA) is 80.5 Å². The molecule has 112 valence electrons. The van der Waals surface area contributed by atoms with Gasteiger partial charge in [0, 0.05) is 26.4 Å². The first kappa shape index (κ1) is 16.4. The highest BCUT2D eigenvalue weighted by molar-refractivity contribution is 7.90. The molecule has 5 nitrogen and oxygen atoms in total. The van der Waals surface area contributed by atoms with Gasteiger partial charge in [-0.25, -0.2) is 8.42 Å². The fourth-order valence-electron chi connectivity index (χ4n) is 2.72. The zero-order chi connectivity index (χ0) is 14.5. The van der Waals surface area contributed by atoms with Crippen molar-refractivity contribution in [3.8, 4) is 0 Å². The maximum atomic E-state index is 12.6. The van der Waals surface area contributed by atoms with Gasteiger partial charge in [0.15, 0.2) is 0 Å². The van der Waals surface area contributed by atoms with E-state index in [2.05, 4.69) is 0 Å². The van der Waals surface area contributed by atoms with Crippen LogP contribution in [-0.4, -0.2) is 51.4 Å². The first-order valence-electron chi connectivity index (χ1n) is 6.94. The number of carbonyl (C=O) groups excluding carboxylic acids is 1. The molecule has 19 heavy (non-hydrogen) atoms. The molecule has 0 bridgehead atoms. The maximum Gasteiger partial charge on any atom is 0.229 e. The predicted octanol–water partition coefficient (Wildman–Crippen LogP) is 0.789. The Labute approximate surface area is 116 Å². The zero-order valence-corrected chi connectivity index (χ0v) is 12.8. The van der Waals surface area contributed by atoms with Gasteiger partial charge in [-0.1, -0.05) is 25.7 Å². The van der Waals surface area contributed by atoms with Crippen molar-refractivity contribution in [1.82, 2.24) is 4.90 Å². The Bertz CT molecular complexity index is 398. The normalized spacial score (nSPS) is 19.7. The summed E-state index contributed by atoms with van der Waals surface area (Å²) in [5.74, 6) is 0.0242. The van der Waals surface area contributed by atoms with Crippen molar-refractivity contribution in [3.63, 3.8) is 0 Å². The molecule has 1 saturated carbocycles. The molecule has 0 saturated heterocycles. The van der Waals surface area contributed by atoms with E-state index in [4.69, 9.17) is 5.73 Å². The second-order valence-electron chi connectivity index (χ2n) is 5.76. The van der Waals surface area contributed by atoms with E-state index in [1.165, 1.54) is 6.26 Å². The lowest BCUT2D eigenvalue weighted by Gasteiger charge is -2.34. The second kappa shape index (κ2) is 6.70. The maximum absolute atomic E-state index is 12.6. The fourth-order valence-corrected chi connectivity index (χ4v) is 3.33. The molecule has 0 radical (unpaired) electrons. The summed E-state index contributed by atoms with van der Waals surface area (Å²) in [4.78, 5) is 14.1. The molecule has 1 amide bonds. The number of amides is 1. The SMILES string of the molecule is CN(CCS(C)(=O)=O)C(=O)C1(CN)CCCCCC1. The van der Waals surface area contributed by atoms with Crippen LogP contribution < -0.4 is 5.73 Å². The molecule has 0 aromatic heterocycles. The van der Waals surface area contributed by atoms with Crippen LogP contribution in [-0.2, 0) is 14.6 Å². The van der Waals surface area contributed by atoms with Crippen LogP contribution in [0.5, 0.6) is 0 Å². The van der Waals surface area contributed by atoms with E-state index in [1.807, 2.05) is 0 Å². The van der Waals surface area contributed by atoms with Crippen LogP contribution in [0.3, 0.4) is 0 Å². The Balaban J connectivity index is 2.71. The number of sulfone groups is 1. The van der Waals surface area contributed by atoms with Crippen molar-refractivity contribution in [3.05, 3.63) is 0 Å². The van der Waals surface area contributed by atoms with E-state index < -0.39 is 15.3 Å². The molecule has 1 aliphatic carbocycles. The van der Waals surface area contributed by atoms with E-state index in [9.17, 15) is 13.2 Å². The fraction of sp³-hybridized carbons (Fsp3) is 0.923. The molecule has 2 N–H and O–H groups in total. The number of nitrogens with zero attached hydrogens (tertiary/aromatic N) is 1. The van der Waals surface area contributed by atoms with Gasteiger partial charge in [-0.05, 0) is 12.8 Å². The van der Waals surface area contributed by atoms with Gasteiger partial charge in [0.25, 0.3) is 0 Å². The first-order chi connectivity index (χ1) is 8.81. The summed E-state index contributed by atoms with van der Waals surface area (Å²) < 4.78 is 22.4. The van der Waals surface area contributed by atoms with Gasteiger partial charge < -0.3 is 10.6 Å². The Morgan fingerprint density at radius 2 is 1.74 bits per heavy atom. The molecule has 0 aliphatic heterocycles. The Hall–Kier alpha value is -0.620. The van der Waals surface area contributed by atoms with Crippen molar-refractivity contribution in [1.29, 1.82) is 0 Å². The number of nitrogens with two attached hydrogens (primary N) is 1. The number of rotatable bonds is 5. The van der Waals surface area contributed by atoms with Crippen LogP contribution >= 0.6 is 0 Å². The average molecular weight is 290 g/mol. The van der Waals surface area contributed by atoms with Crippen molar-refractivity contribution in [2.45, 2.75) is 38.5 Å². The predicted molar refractivity (Wildman–Crippen MR) is 76.5 cm³/mol. The Morgan fingerprint density at radius 1 is 1.21 bits per heavy atom. The van der Waals surface area contributed by atoms with E-state index in [0.717, 1.165) is 38.5 Å². The quantitative estimate of drug-likeness (QED) is 0.759. The molecule has 0 spiro atoms. The van der Waals surface area contributed by atoms with Crippen LogP contribution in [0.4, 0.5) is 0 Å². The first-order valence-corrected chi connectivity index (χ1v) is 9.00. The van der Waals surface area contributed by atoms with E-state index in [1.54, 1.807) is 11.9 Å². The molecule has 6 heteroatoms. The lowest BCUT2D eigenvalue weighted by Crippen LogP contribution is -2.47. The number of carbonyl (C=O) groups is 1. The molecule has 1 aliphatic rings. The number of hydrogen-bond acceptors (Lipinski definition) is 4. The van der Waals surface area contributed by atoms with Crippen LogP contribution in [0, 0.1) is 5.41 Å². The Kier molecular flexibility index (Phi) is 5.80. The second-order valence-corrected chi connectivity index (χ2v) is 8.02. The van der Waals surface area contributed by atoms with Gasteiger partial charge in [-0.3, -0.25) is 4.79 Å². The third-order valence-electron chi connectivity index (χ3n) is 4.05. The average Bonchev–Trinajstić information content (AvgIpc) is 2.60. The van der Waals surface area contributed by atoms with Crippen molar-refractivity contribution >= 4 is 15.7 Å². The van der Waals surface area contributed by atoms with Crippen LogP contribution in [0.15, 0.2) is 0 Å². The van der Waals surface area contributed by atoms with Gasteiger partial charge in [-0.15, -0.1) is 0 Å². The summed E-state index contributed by atoms with van der Waals surface area (Å²) in [7, 11) is -1.37. The minimum absolute atomic E-state index is 0.00981. The smallest absolute Gasteiger partial charge is 0.229 e. The molecule has 1 fully saturated rings. The van der Waals surface area contributed by atoms with Crippen molar-refractivity contribution in [2.75, 3.05) is 32.1 Å². The molecule has 0 unspecified atom stereocenters. The summed E-state index contributed by atoms with van der Waals surface area (Å²) in [5.41, 5.74) is 5.39.